The average Bonchev–Trinajstić information content (AvgIpc) is 2.29. The van der Waals surface area contributed by atoms with Crippen LogP contribution in [0.15, 0.2) is 17.4 Å². The molecule has 0 aromatic carbocycles. The first-order valence-electron chi connectivity index (χ1n) is 4.60. The predicted molar refractivity (Wildman–Crippen MR) is 68.3 cm³/mol. The maximum Gasteiger partial charge on any atom is 0.355 e. The van der Waals surface area contributed by atoms with Gasteiger partial charge in [0.2, 0.25) is 0 Å². The summed E-state index contributed by atoms with van der Waals surface area (Å²) in [5.41, 5.74) is 0.557. The Morgan fingerprint density at radius 3 is 3.00 bits per heavy atom. The molecule has 6 heteroatoms. The second-order valence-corrected chi connectivity index (χ2v) is 4.10. The topological polar surface area (TPSA) is 63.1 Å². The molecule has 0 spiro atoms. The van der Waals surface area contributed by atoms with Gasteiger partial charge >= 0.3 is 5.97 Å². The molecule has 16 heavy (non-hydrogen) atoms. The Labute approximate surface area is 104 Å². The van der Waals surface area contributed by atoms with Gasteiger partial charge in [0.1, 0.15) is 0 Å². The number of nitrogens with zero attached hydrogens (tertiary/aromatic N) is 2. The summed E-state index contributed by atoms with van der Waals surface area (Å²) < 4.78 is 0. The molecule has 0 unspecified atom stereocenters. The molecule has 0 aliphatic heterocycles. The second kappa shape index (κ2) is 6.55. The number of aromatic nitrogens is 2. The first kappa shape index (κ1) is 13.1. The van der Waals surface area contributed by atoms with Gasteiger partial charge in [-0.05, 0) is 18.4 Å². The molecule has 0 fully saturated rings. The summed E-state index contributed by atoms with van der Waals surface area (Å²) in [5, 5.41) is 9.46. The Hall–Kier alpha value is -1.01. The third kappa shape index (κ3) is 3.53. The maximum atomic E-state index is 11.0. The minimum Gasteiger partial charge on any atom is -0.476 e. The van der Waals surface area contributed by atoms with Gasteiger partial charge in [-0.2, -0.15) is 12.6 Å². The lowest BCUT2D eigenvalue weighted by molar-refractivity contribution is 0.0689. The minimum absolute atomic E-state index is 0.0368. The zero-order chi connectivity index (χ0) is 12.0. The summed E-state index contributed by atoms with van der Waals surface area (Å²) in [6.07, 6.45) is 7.68. The Morgan fingerprint density at radius 1 is 1.69 bits per heavy atom. The summed E-state index contributed by atoms with van der Waals surface area (Å²) in [6.45, 7) is 0. The van der Waals surface area contributed by atoms with Crippen molar-refractivity contribution >= 4 is 36.4 Å². The molecule has 0 saturated heterocycles. The van der Waals surface area contributed by atoms with Gasteiger partial charge < -0.3 is 5.11 Å². The number of carbonyl (C=O) groups is 1. The average molecular weight is 256 g/mol. The predicted octanol–water partition coefficient (Wildman–Crippen LogP) is 2.23. The summed E-state index contributed by atoms with van der Waals surface area (Å²) in [6, 6.07) is 0. The molecule has 0 bridgehead atoms. The van der Waals surface area contributed by atoms with E-state index in [-0.39, 0.29) is 5.69 Å². The van der Waals surface area contributed by atoms with E-state index in [2.05, 4.69) is 22.6 Å². The van der Waals surface area contributed by atoms with E-state index in [1.165, 1.54) is 18.0 Å². The van der Waals surface area contributed by atoms with Crippen molar-refractivity contribution in [3.8, 4) is 0 Å². The summed E-state index contributed by atoms with van der Waals surface area (Å²) in [7, 11) is 0. The first-order chi connectivity index (χ1) is 7.69. The van der Waals surface area contributed by atoms with Crippen LogP contribution in [-0.4, -0.2) is 33.1 Å². The number of rotatable bonds is 5. The van der Waals surface area contributed by atoms with Gasteiger partial charge in [-0.15, -0.1) is 0 Å². The van der Waals surface area contributed by atoms with Crippen LogP contribution in [0.4, 0.5) is 0 Å². The largest absolute Gasteiger partial charge is 0.476 e. The highest BCUT2D eigenvalue weighted by molar-refractivity contribution is 7.98. The molecule has 1 N–H and O–H groups in total. The fourth-order valence-electron chi connectivity index (χ4n) is 1.05. The van der Waals surface area contributed by atoms with Crippen molar-refractivity contribution in [2.75, 3.05) is 12.0 Å². The number of aromatic carboxylic acids is 1. The van der Waals surface area contributed by atoms with E-state index in [9.17, 15) is 4.79 Å². The van der Waals surface area contributed by atoms with Crippen LogP contribution < -0.4 is 0 Å². The number of hydrogen-bond donors (Lipinski definition) is 2. The van der Waals surface area contributed by atoms with Crippen LogP contribution >= 0.6 is 24.4 Å². The van der Waals surface area contributed by atoms with E-state index in [4.69, 9.17) is 5.11 Å². The number of hydrogen-bond acceptors (Lipinski definition) is 5. The molecule has 86 valence electrons. The van der Waals surface area contributed by atoms with Crippen molar-refractivity contribution in [2.45, 2.75) is 11.6 Å². The van der Waals surface area contributed by atoms with Crippen molar-refractivity contribution in [3.05, 3.63) is 23.5 Å². The van der Waals surface area contributed by atoms with Gasteiger partial charge in [0, 0.05) is 11.8 Å². The Balaban J connectivity index is 3.03. The van der Waals surface area contributed by atoms with Crippen molar-refractivity contribution < 1.29 is 9.90 Å². The van der Waals surface area contributed by atoms with E-state index in [0.717, 1.165) is 12.2 Å². The normalized spacial score (nSPS) is 10.9. The van der Waals surface area contributed by atoms with Gasteiger partial charge in [-0.25, -0.2) is 14.8 Å². The zero-order valence-electron chi connectivity index (χ0n) is 8.75. The third-order valence-corrected chi connectivity index (χ3v) is 2.59. The lowest BCUT2D eigenvalue weighted by atomic mass is 10.2. The van der Waals surface area contributed by atoms with Crippen LogP contribution in [0.25, 0.3) is 6.08 Å². The number of thiol groups is 1. The van der Waals surface area contributed by atoms with E-state index in [0.29, 0.717) is 10.7 Å². The molecule has 0 aliphatic carbocycles. The highest BCUT2D eigenvalue weighted by Crippen LogP contribution is 2.13. The zero-order valence-corrected chi connectivity index (χ0v) is 10.5. The number of thioether (sulfide) groups is 1. The van der Waals surface area contributed by atoms with Gasteiger partial charge in [0.15, 0.2) is 10.9 Å². The monoisotopic (exact) mass is 256 g/mol. The fraction of sp³-hybridized carbons (Fsp3) is 0.300. The van der Waals surface area contributed by atoms with E-state index < -0.39 is 5.97 Å². The first-order valence-corrected chi connectivity index (χ1v) is 6.46. The summed E-state index contributed by atoms with van der Waals surface area (Å²) >= 11 is 5.38. The molecule has 0 saturated carbocycles. The smallest absolute Gasteiger partial charge is 0.355 e. The molecule has 0 radical (unpaired) electrons. The Bertz CT molecular complexity index is 408. The van der Waals surface area contributed by atoms with Crippen molar-refractivity contribution in [1.82, 2.24) is 9.97 Å². The van der Waals surface area contributed by atoms with Crippen LogP contribution in [-0.2, 0) is 0 Å². The van der Waals surface area contributed by atoms with Crippen LogP contribution in [0.5, 0.6) is 0 Å². The van der Waals surface area contributed by atoms with Crippen LogP contribution in [0.2, 0.25) is 0 Å². The van der Waals surface area contributed by atoms with Crippen LogP contribution in [0.1, 0.15) is 22.5 Å². The standard InChI is InChI=1S/C10H12N2O2S2/c1-16-10-11-6-7(4-2-3-5-15)8(12-10)9(13)14/h2,4,6,15H,3,5H2,1H3,(H,13,14). The van der Waals surface area contributed by atoms with Gasteiger partial charge in [0.05, 0.1) is 0 Å². The van der Waals surface area contributed by atoms with Crippen molar-refractivity contribution in [1.29, 1.82) is 0 Å². The molecule has 0 amide bonds. The fourth-order valence-corrected chi connectivity index (χ4v) is 1.54. The SMILES string of the molecule is CSc1ncc(C=CCCS)c(C(=O)O)n1. The number of carboxylic acid groups (broad SMARTS) is 1. The maximum absolute atomic E-state index is 11.0. The highest BCUT2D eigenvalue weighted by atomic mass is 32.2. The van der Waals surface area contributed by atoms with Gasteiger partial charge in [0.25, 0.3) is 0 Å². The quantitative estimate of drug-likeness (QED) is 0.480. The summed E-state index contributed by atoms with van der Waals surface area (Å²) in [5.74, 6) is -0.314. The third-order valence-electron chi connectivity index (χ3n) is 1.77. The van der Waals surface area contributed by atoms with Crippen LogP contribution in [0, 0.1) is 0 Å². The highest BCUT2D eigenvalue weighted by Gasteiger charge is 2.11. The Kier molecular flexibility index (Phi) is 5.34. The van der Waals surface area contributed by atoms with Crippen molar-refractivity contribution in [2.24, 2.45) is 0 Å². The van der Waals surface area contributed by atoms with Gasteiger partial charge in [-0.3, -0.25) is 0 Å². The molecule has 0 atom stereocenters. The van der Waals surface area contributed by atoms with E-state index in [1.807, 2.05) is 6.08 Å². The van der Waals surface area contributed by atoms with Gasteiger partial charge in [-0.1, -0.05) is 23.9 Å². The molecule has 1 aromatic rings. The summed E-state index contributed by atoms with van der Waals surface area (Å²) in [4.78, 5) is 19.0. The van der Waals surface area contributed by atoms with Crippen molar-refractivity contribution in [3.63, 3.8) is 0 Å². The van der Waals surface area contributed by atoms with E-state index >= 15 is 0 Å². The molecule has 1 heterocycles. The molecule has 0 aliphatic rings. The molecule has 4 nitrogen and oxygen atoms in total. The minimum atomic E-state index is -1.04. The number of carboxylic acids is 1. The molecule has 1 rings (SSSR count). The lowest BCUT2D eigenvalue weighted by Gasteiger charge is -2.01. The van der Waals surface area contributed by atoms with Crippen LogP contribution in [0.3, 0.4) is 0 Å². The lowest BCUT2D eigenvalue weighted by Crippen LogP contribution is -2.05. The second-order valence-electron chi connectivity index (χ2n) is 2.88. The Morgan fingerprint density at radius 2 is 2.44 bits per heavy atom. The molecular weight excluding hydrogens is 244 g/mol. The number of allylic oxidation sites excluding steroid dienone is 1. The molecule has 1 aromatic heterocycles. The van der Waals surface area contributed by atoms with E-state index in [1.54, 1.807) is 12.3 Å². The molecular formula is C10H12N2O2S2.